The zero-order valence-corrected chi connectivity index (χ0v) is 9.63. The summed E-state index contributed by atoms with van der Waals surface area (Å²) in [5.74, 6) is 0.455. The molecule has 0 saturated carbocycles. The summed E-state index contributed by atoms with van der Waals surface area (Å²) < 4.78 is 4.89. The van der Waals surface area contributed by atoms with E-state index in [-0.39, 0.29) is 6.10 Å². The van der Waals surface area contributed by atoms with Crippen molar-refractivity contribution < 1.29 is 9.53 Å². The van der Waals surface area contributed by atoms with E-state index in [1.54, 1.807) is 0 Å². The quantitative estimate of drug-likeness (QED) is 0.714. The average molecular weight is 221 g/mol. The van der Waals surface area contributed by atoms with Gasteiger partial charge in [0.25, 0.3) is 6.47 Å². The summed E-state index contributed by atoms with van der Waals surface area (Å²) in [6.07, 6.45) is 1.64. The third-order valence-electron chi connectivity index (χ3n) is 2.60. The number of rotatable bonds is 7. The smallest absolute Gasteiger partial charge is 0.293 e. The average Bonchev–Trinajstić information content (AvgIpc) is 2.29. The van der Waals surface area contributed by atoms with E-state index in [0.29, 0.717) is 18.9 Å². The van der Waals surface area contributed by atoms with Gasteiger partial charge in [0.2, 0.25) is 0 Å². The first kappa shape index (κ1) is 12.7. The Labute approximate surface area is 96.6 Å². The fraction of sp³-hybridized carbons (Fsp3) is 0.462. The van der Waals surface area contributed by atoms with Gasteiger partial charge in [0, 0.05) is 6.54 Å². The van der Waals surface area contributed by atoms with Crippen LogP contribution in [-0.2, 0) is 16.0 Å². The molecule has 0 aliphatic carbocycles. The summed E-state index contributed by atoms with van der Waals surface area (Å²) in [6.45, 7) is 3.01. The molecule has 0 saturated heterocycles. The maximum Gasteiger partial charge on any atom is 0.293 e. The molecule has 0 amide bonds. The van der Waals surface area contributed by atoms with Crippen molar-refractivity contribution in [3.8, 4) is 0 Å². The van der Waals surface area contributed by atoms with Crippen molar-refractivity contribution in [3.63, 3.8) is 0 Å². The van der Waals surface area contributed by atoms with Crippen LogP contribution >= 0.6 is 0 Å². The van der Waals surface area contributed by atoms with Gasteiger partial charge in [0.05, 0.1) is 0 Å². The van der Waals surface area contributed by atoms with E-state index in [1.165, 1.54) is 5.56 Å². The Morgan fingerprint density at radius 2 is 2.06 bits per heavy atom. The van der Waals surface area contributed by atoms with Crippen molar-refractivity contribution in [1.29, 1.82) is 0 Å². The van der Waals surface area contributed by atoms with E-state index in [4.69, 9.17) is 10.5 Å². The maximum absolute atomic E-state index is 10.2. The molecule has 0 heterocycles. The van der Waals surface area contributed by atoms with Gasteiger partial charge in [-0.25, -0.2) is 0 Å². The number of hydrogen-bond acceptors (Lipinski definition) is 3. The fourth-order valence-corrected chi connectivity index (χ4v) is 1.83. The Hall–Kier alpha value is -1.35. The highest BCUT2D eigenvalue weighted by atomic mass is 16.5. The van der Waals surface area contributed by atoms with Crippen molar-refractivity contribution in [2.45, 2.75) is 25.9 Å². The molecule has 2 unspecified atom stereocenters. The van der Waals surface area contributed by atoms with Crippen molar-refractivity contribution in [3.05, 3.63) is 35.9 Å². The van der Waals surface area contributed by atoms with Crippen LogP contribution in [0.2, 0.25) is 0 Å². The third-order valence-corrected chi connectivity index (χ3v) is 2.60. The molecule has 0 fully saturated rings. The summed E-state index contributed by atoms with van der Waals surface area (Å²) in [7, 11) is 0. The molecular formula is C13H19NO2. The molecule has 1 aromatic carbocycles. The molecule has 0 bridgehead atoms. The largest absolute Gasteiger partial charge is 0.463 e. The first-order valence-corrected chi connectivity index (χ1v) is 5.59. The Morgan fingerprint density at radius 3 is 2.62 bits per heavy atom. The minimum absolute atomic E-state index is 0.156. The number of nitrogens with two attached hydrogens (primary N) is 1. The SMILES string of the molecule is CC(Cc1ccccc1)CC(CN)OC=O. The van der Waals surface area contributed by atoms with Gasteiger partial charge in [-0.05, 0) is 24.3 Å². The van der Waals surface area contributed by atoms with Crippen LogP contribution in [0, 0.1) is 5.92 Å². The van der Waals surface area contributed by atoms with Crippen molar-refractivity contribution >= 4 is 6.47 Å². The highest BCUT2D eigenvalue weighted by Crippen LogP contribution is 2.14. The molecule has 3 heteroatoms. The van der Waals surface area contributed by atoms with E-state index in [0.717, 1.165) is 12.8 Å². The molecule has 3 nitrogen and oxygen atoms in total. The van der Waals surface area contributed by atoms with E-state index in [1.807, 2.05) is 18.2 Å². The van der Waals surface area contributed by atoms with Crippen LogP contribution in [-0.4, -0.2) is 19.1 Å². The van der Waals surface area contributed by atoms with Crippen LogP contribution in [0.3, 0.4) is 0 Å². The van der Waals surface area contributed by atoms with Crippen LogP contribution in [0.25, 0.3) is 0 Å². The third kappa shape index (κ3) is 4.45. The molecule has 0 aliphatic rings. The van der Waals surface area contributed by atoms with Crippen LogP contribution in [0.5, 0.6) is 0 Å². The molecule has 88 valence electrons. The van der Waals surface area contributed by atoms with Gasteiger partial charge < -0.3 is 10.5 Å². The fourth-order valence-electron chi connectivity index (χ4n) is 1.83. The summed E-state index contributed by atoms with van der Waals surface area (Å²) in [5.41, 5.74) is 6.82. The van der Waals surface area contributed by atoms with Crippen molar-refractivity contribution in [2.24, 2.45) is 11.7 Å². The lowest BCUT2D eigenvalue weighted by Gasteiger charge is -2.18. The molecule has 0 aromatic heterocycles. The number of carbonyl (C=O) groups is 1. The Bertz CT molecular complexity index is 300. The van der Waals surface area contributed by atoms with Gasteiger partial charge in [-0.1, -0.05) is 37.3 Å². The van der Waals surface area contributed by atoms with E-state index in [2.05, 4.69) is 19.1 Å². The molecule has 1 aromatic rings. The predicted molar refractivity (Wildman–Crippen MR) is 63.9 cm³/mol. The highest BCUT2D eigenvalue weighted by molar-refractivity contribution is 5.37. The molecule has 0 radical (unpaired) electrons. The second-order valence-corrected chi connectivity index (χ2v) is 4.12. The lowest BCUT2D eigenvalue weighted by Crippen LogP contribution is -2.26. The highest BCUT2D eigenvalue weighted by Gasteiger charge is 2.12. The lowest BCUT2D eigenvalue weighted by atomic mass is 9.95. The lowest BCUT2D eigenvalue weighted by molar-refractivity contribution is -0.133. The van der Waals surface area contributed by atoms with Crippen LogP contribution in [0.4, 0.5) is 0 Å². The van der Waals surface area contributed by atoms with Gasteiger partial charge in [-0.3, -0.25) is 4.79 Å². The van der Waals surface area contributed by atoms with Crippen LogP contribution < -0.4 is 5.73 Å². The van der Waals surface area contributed by atoms with E-state index < -0.39 is 0 Å². The molecule has 0 spiro atoms. The summed E-state index contributed by atoms with van der Waals surface area (Å²) in [6, 6.07) is 10.3. The molecule has 2 N–H and O–H groups in total. The molecule has 2 atom stereocenters. The first-order valence-electron chi connectivity index (χ1n) is 5.59. The van der Waals surface area contributed by atoms with Crippen LogP contribution in [0.15, 0.2) is 30.3 Å². The van der Waals surface area contributed by atoms with Gasteiger partial charge in [0.15, 0.2) is 0 Å². The van der Waals surface area contributed by atoms with Crippen molar-refractivity contribution in [2.75, 3.05) is 6.54 Å². The minimum Gasteiger partial charge on any atom is -0.463 e. The Balaban J connectivity index is 2.40. The second kappa shape index (κ2) is 7.01. The zero-order valence-electron chi connectivity index (χ0n) is 9.63. The molecule has 1 rings (SSSR count). The van der Waals surface area contributed by atoms with Gasteiger partial charge >= 0.3 is 0 Å². The monoisotopic (exact) mass is 221 g/mol. The molecule has 0 aliphatic heterocycles. The summed E-state index contributed by atoms with van der Waals surface area (Å²) in [4.78, 5) is 10.2. The maximum atomic E-state index is 10.2. The van der Waals surface area contributed by atoms with E-state index in [9.17, 15) is 4.79 Å². The number of ether oxygens (including phenoxy) is 1. The van der Waals surface area contributed by atoms with E-state index >= 15 is 0 Å². The Morgan fingerprint density at radius 1 is 1.38 bits per heavy atom. The zero-order chi connectivity index (χ0) is 11.8. The summed E-state index contributed by atoms with van der Waals surface area (Å²) in [5, 5.41) is 0. The normalized spacial score (nSPS) is 14.1. The molecular weight excluding hydrogens is 202 g/mol. The minimum atomic E-state index is -0.156. The number of carbonyl (C=O) groups excluding carboxylic acids is 1. The van der Waals surface area contributed by atoms with Gasteiger partial charge in [0.1, 0.15) is 6.10 Å². The van der Waals surface area contributed by atoms with Crippen LogP contribution in [0.1, 0.15) is 18.9 Å². The summed E-state index contributed by atoms with van der Waals surface area (Å²) >= 11 is 0. The number of benzene rings is 1. The second-order valence-electron chi connectivity index (χ2n) is 4.12. The Kier molecular flexibility index (Phi) is 5.57. The van der Waals surface area contributed by atoms with Gasteiger partial charge in [-0.15, -0.1) is 0 Å². The molecule has 16 heavy (non-hydrogen) atoms. The standard InChI is InChI=1S/C13H19NO2/c1-11(8-13(9-14)16-10-15)7-12-5-3-2-4-6-12/h2-6,10-11,13H,7-9,14H2,1H3. The first-order chi connectivity index (χ1) is 7.76. The van der Waals surface area contributed by atoms with Gasteiger partial charge in [-0.2, -0.15) is 0 Å². The topological polar surface area (TPSA) is 52.3 Å². The number of hydrogen-bond donors (Lipinski definition) is 1. The predicted octanol–water partition coefficient (Wildman–Crippen LogP) is 1.76. The van der Waals surface area contributed by atoms with Crippen molar-refractivity contribution in [1.82, 2.24) is 0 Å².